The van der Waals surface area contributed by atoms with Gasteiger partial charge in [-0.1, -0.05) is 24.3 Å². The average molecular weight is 481 g/mol. The topological polar surface area (TPSA) is 61.2 Å². The van der Waals surface area contributed by atoms with Crippen LogP contribution >= 0.6 is 15.9 Å². The number of aromatic nitrogens is 2. The zero-order valence-corrected chi connectivity index (χ0v) is 18.3. The Morgan fingerprint density at radius 1 is 1.23 bits per heavy atom. The summed E-state index contributed by atoms with van der Waals surface area (Å²) in [7, 11) is 1.35. The number of para-hydroxylation sites is 1. The summed E-state index contributed by atoms with van der Waals surface area (Å²) in [5.41, 5.74) is 2.89. The van der Waals surface area contributed by atoms with Gasteiger partial charge in [-0.2, -0.15) is 0 Å². The Kier molecular flexibility index (Phi) is 4.85. The van der Waals surface area contributed by atoms with E-state index in [2.05, 4.69) is 20.9 Å². The Morgan fingerprint density at radius 2 is 2.03 bits per heavy atom. The molecule has 1 atom stereocenters. The van der Waals surface area contributed by atoms with Crippen LogP contribution in [0.3, 0.4) is 0 Å². The molecule has 2 aromatic carbocycles. The van der Waals surface area contributed by atoms with E-state index in [1.54, 1.807) is 6.07 Å². The van der Waals surface area contributed by atoms with Gasteiger partial charge in [0.1, 0.15) is 11.5 Å². The third kappa shape index (κ3) is 3.24. The molecule has 0 bridgehead atoms. The van der Waals surface area contributed by atoms with Gasteiger partial charge in [-0.15, -0.1) is 0 Å². The van der Waals surface area contributed by atoms with Gasteiger partial charge in [-0.3, -0.25) is 9.59 Å². The molecule has 0 N–H and O–H groups in total. The van der Waals surface area contributed by atoms with Crippen molar-refractivity contribution in [2.24, 2.45) is 0 Å². The summed E-state index contributed by atoms with van der Waals surface area (Å²) in [6, 6.07) is 14.0. The lowest BCUT2D eigenvalue weighted by atomic mass is 9.93. The molecule has 0 amide bonds. The summed E-state index contributed by atoms with van der Waals surface area (Å²) in [5.74, 6) is -1.15. The Labute approximate surface area is 186 Å². The number of methoxy groups -OCH3 is 1. The van der Waals surface area contributed by atoms with E-state index < -0.39 is 0 Å². The van der Waals surface area contributed by atoms with Crippen LogP contribution in [0.1, 0.15) is 40.5 Å². The van der Waals surface area contributed by atoms with Crippen molar-refractivity contribution >= 4 is 49.5 Å². The van der Waals surface area contributed by atoms with E-state index in [4.69, 9.17) is 4.74 Å². The van der Waals surface area contributed by atoms with Crippen LogP contribution in [0, 0.1) is 5.82 Å². The number of halogens is 2. The number of hydrogen-bond acceptors (Lipinski definition) is 4. The number of aryl methyl sites for hydroxylation is 1. The second kappa shape index (κ2) is 7.57. The monoisotopic (exact) mass is 480 g/mol. The second-order valence-corrected chi connectivity index (χ2v) is 8.53. The molecule has 5 nitrogen and oxygen atoms in total. The molecule has 0 fully saturated rings. The normalized spacial score (nSPS) is 15.4. The van der Waals surface area contributed by atoms with Crippen LogP contribution in [-0.4, -0.2) is 28.4 Å². The number of nitrogens with zero attached hydrogens (tertiary/aromatic N) is 2. The highest BCUT2D eigenvalue weighted by molar-refractivity contribution is 9.10. The first-order valence-electron chi connectivity index (χ1n) is 9.96. The van der Waals surface area contributed by atoms with Gasteiger partial charge < -0.3 is 9.30 Å². The lowest BCUT2D eigenvalue weighted by Crippen LogP contribution is -2.12. The molecule has 1 aliphatic rings. The Balaban J connectivity index is 1.74. The molecule has 0 saturated carbocycles. The van der Waals surface area contributed by atoms with Crippen LogP contribution in [0.15, 0.2) is 53.0 Å². The molecule has 3 heterocycles. The smallest absolute Gasteiger partial charge is 0.306 e. The number of hydrogen-bond donors (Lipinski definition) is 0. The number of fused-ring (bicyclic) bond motifs is 4. The van der Waals surface area contributed by atoms with Gasteiger partial charge in [0, 0.05) is 33.4 Å². The summed E-state index contributed by atoms with van der Waals surface area (Å²) in [6.45, 7) is 0.599. The largest absolute Gasteiger partial charge is 0.469 e. The van der Waals surface area contributed by atoms with Crippen LogP contribution in [0.2, 0.25) is 0 Å². The van der Waals surface area contributed by atoms with Crippen LogP contribution in [-0.2, 0) is 16.1 Å². The predicted octanol–water partition coefficient (Wildman–Crippen LogP) is 5.37. The average Bonchev–Trinajstić information content (AvgIpc) is 3.31. The number of ketones is 1. The van der Waals surface area contributed by atoms with Crippen LogP contribution in [0.5, 0.6) is 0 Å². The maximum Gasteiger partial charge on any atom is 0.306 e. The molecule has 1 unspecified atom stereocenters. The first-order chi connectivity index (χ1) is 15.0. The fraction of sp³-hybridized carbons (Fsp3) is 0.208. The Morgan fingerprint density at radius 3 is 2.84 bits per heavy atom. The van der Waals surface area contributed by atoms with Crippen molar-refractivity contribution in [1.82, 2.24) is 9.55 Å². The maximum atomic E-state index is 14.2. The van der Waals surface area contributed by atoms with Crippen molar-refractivity contribution in [2.45, 2.75) is 25.3 Å². The van der Waals surface area contributed by atoms with Gasteiger partial charge >= 0.3 is 5.97 Å². The molecule has 156 valence electrons. The van der Waals surface area contributed by atoms with Crippen molar-refractivity contribution in [1.29, 1.82) is 0 Å². The number of pyridine rings is 1. The van der Waals surface area contributed by atoms with Gasteiger partial charge in [-0.25, -0.2) is 9.37 Å². The van der Waals surface area contributed by atoms with Crippen molar-refractivity contribution < 1.29 is 18.7 Å². The lowest BCUT2D eigenvalue weighted by molar-refractivity contribution is -0.141. The van der Waals surface area contributed by atoms with Crippen LogP contribution in [0.25, 0.3) is 21.8 Å². The van der Waals surface area contributed by atoms with E-state index in [1.165, 1.54) is 19.2 Å². The number of rotatable bonds is 4. The third-order valence-corrected chi connectivity index (χ3v) is 6.53. The van der Waals surface area contributed by atoms with E-state index in [0.29, 0.717) is 39.6 Å². The van der Waals surface area contributed by atoms with E-state index in [9.17, 15) is 14.0 Å². The van der Waals surface area contributed by atoms with Crippen molar-refractivity contribution in [3.8, 4) is 0 Å². The summed E-state index contributed by atoms with van der Waals surface area (Å²) in [5, 5.41) is 1.59. The molecule has 31 heavy (non-hydrogen) atoms. The summed E-state index contributed by atoms with van der Waals surface area (Å²) < 4.78 is 21.5. The minimum atomic E-state index is -0.390. The lowest BCUT2D eigenvalue weighted by Gasteiger charge is -2.11. The Hall–Kier alpha value is -3.06. The summed E-state index contributed by atoms with van der Waals surface area (Å²) in [6.07, 6.45) is 0.846. The fourth-order valence-corrected chi connectivity index (χ4v) is 5.15. The van der Waals surface area contributed by atoms with Gasteiger partial charge in [0.25, 0.3) is 0 Å². The third-order valence-electron chi connectivity index (χ3n) is 5.91. The number of carbonyl (C=O) groups excluding carboxylic acids is 2. The molecular formula is C24H18BrFN2O3. The zero-order valence-electron chi connectivity index (χ0n) is 16.7. The van der Waals surface area contributed by atoms with E-state index in [1.807, 2.05) is 34.9 Å². The zero-order chi connectivity index (χ0) is 21.7. The molecule has 2 aromatic heterocycles. The van der Waals surface area contributed by atoms with Crippen molar-refractivity contribution in [3.05, 3.63) is 75.8 Å². The summed E-state index contributed by atoms with van der Waals surface area (Å²) in [4.78, 5) is 30.3. The van der Waals surface area contributed by atoms with Crippen molar-refractivity contribution in [2.75, 3.05) is 7.11 Å². The van der Waals surface area contributed by atoms with Gasteiger partial charge in [0.2, 0.25) is 5.78 Å². The van der Waals surface area contributed by atoms with E-state index >= 15 is 0 Å². The van der Waals surface area contributed by atoms with E-state index in [0.717, 1.165) is 16.6 Å². The molecule has 0 aliphatic carbocycles. The second-order valence-electron chi connectivity index (χ2n) is 7.68. The van der Waals surface area contributed by atoms with E-state index in [-0.39, 0.29) is 29.9 Å². The number of carbonyl (C=O) groups is 2. The quantitative estimate of drug-likeness (QED) is 0.291. The van der Waals surface area contributed by atoms with Gasteiger partial charge in [0.05, 0.1) is 30.1 Å². The molecule has 0 spiro atoms. The SMILES string of the molecule is COC(=O)CC1CCn2c1c(C(=O)c1ccc3ccccc3n1)c1c(Br)cc(F)cc12. The molecule has 5 rings (SSSR count). The number of benzene rings is 2. The van der Waals surface area contributed by atoms with Gasteiger partial charge in [-0.05, 0) is 46.6 Å². The van der Waals surface area contributed by atoms with Crippen LogP contribution < -0.4 is 0 Å². The molecular weight excluding hydrogens is 463 g/mol. The fourth-order valence-electron chi connectivity index (χ4n) is 4.53. The highest BCUT2D eigenvalue weighted by atomic mass is 79.9. The molecule has 4 aromatic rings. The molecule has 7 heteroatoms. The standard InChI is InChI=1S/C24H18BrFN2O3/c1-31-20(29)10-14-8-9-28-19-12-15(26)11-16(25)21(19)22(23(14)28)24(30)18-7-6-13-4-2-3-5-17(13)27-18/h2-7,11-12,14H,8-10H2,1H3. The highest BCUT2D eigenvalue weighted by Gasteiger charge is 2.35. The molecule has 0 radical (unpaired) electrons. The minimum Gasteiger partial charge on any atom is -0.469 e. The maximum absolute atomic E-state index is 14.2. The molecule has 0 saturated heterocycles. The first kappa shape index (κ1) is 19.9. The number of esters is 1. The summed E-state index contributed by atoms with van der Waals surface area (Å²) >= 11 is 3.45. The Bertz CT molecular complexity index is 1380. The van der Waals surface area contributed by atoms with Crippen LogP contribution in [0.4, 0.5) is 4.39 Å². The predicted molar refractivity (Wildman–Crippen MR) is 119 cm³/mol. The van der Waals surface area contributed by atoms with Gasteiger partial charge in [0.15, 0.2) is 0 Å². The molecule has 1 aliphatic heterocycles. The first-order valence-corrected chi connectivity index (χ1v) is 10.8. The minimum absolute atomic E-state index is 0.165. The number of ether oxygens (including phenoxy) is 1. The van der Waals surface area contributed by atoms with Crippen molar-refractivity contribution in [3.63, 3.8) is 0 Å². The highest BCUT2D eigenvalue weighted by Crippen LogP contribution is 2.43.